The standard InChI is InChI=1S/C9H16N2O2/c12-9-6-13-8(5-11-9)7-1-3-10-4-2-7/h7-8,10H,1-6H2,(H,11,12)/t8-/m0/s1. The summed E-state index contributed by atoms with van der Waals surface area (Å²) in [6.07, 6.45) is 2.58. The lowest BCUT2D eigenvalue weighted by Crippen LogP contribution is -2.48. The average Bonchev–Trinajstić information content (AvgIpc) is 2.20. The first-order valence-electron chi connectivity index (χ1n) is 4.95. The predicted molar refractivity (Wildman–Crippen MR) is 48.3 cm³/mol. The maximum absolute atomic E-state index is 10.8. The van der Waals surface area contributed by atoms with Crippen LogP contribution >= 0.6 is 0 Å². The van der Waals surface area contributed by atoms with Crippen molar-refractivity contribution in [2.75, 3.05) is 26.2 Å². The van der Waals surface area contributed by atoms with Gasteiger partial charge in [0.1, 0.15) is 6.61 Å². The van der Waals surface area contributed by atoms with Crippen molar-refractivity contribution in [1.29, 1.82) is 0 Å². The maximum Gasteiger partial charge on any atom is 0.246 e. The van der Waals surface area contributed by atoms with E-state index in [1.54, 1.807) is 0 Å². The van der Waals surface area contributed by atoms with Crippen LogP contribution in [0.15, 0.2) is 0 Å². The van der Waals surface area contributed by atoms with Gasteiger partial charge in [-0.05, 0) is 31.8 Å². The Morgan fingerprint density at radius 3 is 2.69 bits per heavy atom. The molecule has 0 aromatic heterocycles. The summed E-state index contributed by atoms with van der Waals surface area (Å²) in [5.74, 6) is 0.645. The van der Waals surface area contributed by atoms with Crippen molar-refractivity contribution in [2.24, 2.45) is 5.92 Å². The topological polar surface area (TPSA) is 50.4 Å². The molecule has 2 saturated heterocycles. The monoisotopic (exact) mass is 184 g/mol. The van der Waals surface area contributed by atoms with Gasteiger partial charge in [-0.25, -0.2) is 0 Å². The molecule has 0 bridgehead atoms. The Morgan fingerprint density at radius 1 is 1.31 bits per heavy atom. The van der Waals surface area contributed by atoms with Gasteiger partial charge in [-0.2, -0.15) is 0 Å². The average molecular weight is 184 g/mol. The summed E-state index contributed by atoms with van der Waals surface area (Å²) in [6, 6.07) is 0. The van der Waals surface area contributed by atoms with Gasteiger partial charge in [-0.3, -0.25) is 4.79 Å². The molecule has 1 amide bonds. The Kier molecular flexibility index (Phi) is 2.80. The van der Waals surface area contributed by atoms with Crippen molar-refractivity contribution in [3.8, 4) is 0 Å². The molecule has 2 aliphatic rings. The number of hydrogen-bond donors (Lipinski definition) is 2. The van der Waals surface area contributed by atoms with Gasteiger partial charge in [0.25, 0.3) is 0 Å². The zero-order valence-corrected chi connectivity index (χ0v) is 7.71. The van der Waals surface area contributed by atoms with Crippen LogP contribution in [0.5, 0.6) is 0 Å². The van der Waals surface area contributed by atoms with E-state index < -0.39 is 0 Å². The Morgan fingerprint density at radius 2 is 2.08 bits per heavy atom. The van der Waals surface area contributed by atoms with Gasteiger partial charge in [-0.15, -0.1) is 0 Å². The molecule has 2 fully saturated rings. The molecule has 1 atom stereocenters. The van der Waals surface area contributed by atoms with E-state index in [1.807, 2.05) is 0 Å². The van der Waals surface area contributed by atoms with E-state index in [0.29, 0.717) is 12.5 Å². The van der Waals surface area contributed by atoms with Crippen molar-refractivity contribution in [3.63, 3.8) is 0 Å². The molecular weight excluding hydrogens is 168 g/mol. The molecule has 0 spiro atoms. The van der Waals surface area contributed by atoms with Crippen LogP contribution in [0.25, 0.3) is 0 Å². The quantitative estimate of drug-likeness (QED) is 0.577. The Labute approximate surface area is 78.0 Å². The molecule has 2 aliphatic heterocycles. The highest BCUT2D eigenvalue weighted by Gasteiger charge is 2.27. The summed E-state index contributed by atoms with van der Waals surface area (Å²) in [6.45, 7) is 3.11. The third-order valence-corrected chi connectivity index (χ3v) is 2.84. The van der Waals surface area contributed by atoms with E-state index in [0.717, 1.165) is 13.1 Å². The largest absolute Gasteiger partial charge is 0.366 e. The lowest BCUT2D eigenvalue weighted by Gasteiger charge is -2.33. The zero-order chi connectivity index (χ0) is 9.10. The highest BCUT2D eigenvalue weighted by atomic mass is 16.5. The zero-order valence-electron chi connectivity index (χ0n) is 7.71. The number of carbonyl (C=O) groups is 1. The van der Waals surface area contributed by atoms with Crippen LogP contribution < -0.4 is 10.6 Å². The molecule has 13 heavy (non-hydrogen) atoms. The second-order valence-electron chi connectivity index (χ2n) is 3.74. The maximum atomic E-state index is 10.8. The first kappa shape index (κ1) is 8.97. The van der Waals surface area contributed by atoms with Crippen LogP contribution in [0, 0.1) is 5.92 Å². The van der Waals surface area contributed by atoms with Crippen LogP contribution in [0.1, 0.15) is 12.8 Å². The number of piperidine rings is 1. The van der Waals surface area contributed by atoms with Crippen LogP contribution in [0.3, 0.4) is 0 Å². The number of carbonyl (C=O) groups excluding carboxylic acids is 1. The smallest absolute Gasteiger partial charge is 0.246 e. The highest BCUT2D eigenvalue weighted by molar-refractivity contribution is 5.77. The summed E-state index contributed by atoms with van der Waals surface area (Å²) in [5, 5.41) is 6.16. The molecular formula is C9H16N2O2. The minimum Gasteiger partial charge on any atom is -0.366 e. The third kappa shape index (κ3) is 2.19. The Bertz CT molecular complexity index is 180. The first-order valence-corrected chi connectivity index (χ1v) is 4.95. The van der Waals surface area contributed by atoms with Crippen LogP contribution in [-0.2, 0) is 9.53 Å². The molecule has 0 aromatic carbocycles. The van der Waals surface area contributed by atoms with E-state index in [9.17, 15) is 4.79 Å². The number of hydrogen-bond acceptors (Lipinski definition) is 3. The second kappa shape index (κ2) is 4.07. The lowest BCUT2D eigenvalue weighted by molar-refractivity contribution is -0.135. The van der Waals surface area contributed by atoms with Gasteiger partial charge in [-0.1, -0.05) is 0 Å². The van der Waals surface area contributed by atoms with Crippen LogP contribution in [-0.4, -0.2) is 38.3 Å². The molecule has 0 aliphatic carbocycles. The summed E-state index contributed by atoms with van der Waals surface area (Å²) >= 11 is 0. The fraction of sp³-hybridized carbons (Fsp3) is 0.889. The number of amides is 1. The van der Waals surface area contributed by atoms with Gasteiger partial charge < -0.3 is 15.4 Å². The van der Waals surface area contributed by atoms with Crippen molar-refractivity contribution in [3.05, 3.63) is 0 Å². The van der Waals surface area contributed by atoms with Crippen LogP contribution in [0.2, 0.25) is 0 Å². The normalized spacial score (nSPS) is 31.4. The van der Waals surface area contributed by atoms with E-state index in [-0.39, 0.29) is 18.6 Å². The molecule has 2 rings (SSSR count). The summed E-state index contributed by atoms with van der Waals surface area (Å²) in [4.78, 5) is 10.8. The first-order chi connectivity index (χ1) is 6.36. The van der Waals surface area contributed by atoms with Gasteiger partial charge in [0.2, 0.25) is 5.91 Å². The van der Waals surface area contributed by atoms with Gasteiger partial charge in [0.15, 0.2) is 0 Å². The fourth-order valence-corrected chi connectivity index (χ4v) is 2.03. The molecule has 0 aromatic rings. The van der Waals surface area contributed by atoms with E-state index in [2.05, 4.69) is 10.6 Å². The fourth-order valence-electron chi connectivity index (χ4n) is 2.03. The van der Waals surface area contributed by atoms with Crippen molar-refractivity contribution in [2.45, 2.75) is 18.9 Å². The second-order valence-corrected chi connectivity index (χ2v) is 3.74. The minimum absolute atomic E-state index is 0.0187. The Balaban J connectivity index is 1.82. The van der Waals surface area contributed by atoms with Crippen molar-refractivity contribution < 1.29 is 9.53 Å². The molecule has 0 radical (unpaired) electrons. The Hall–Kier alpha value is -0.610. The molecule has 0 saturated carbocycles. The summed E-state index contributed by atoms with van der Waals surface area (Å²) < 4.78 is 5.49. The van der Waals surface area contributed by atoms with Gasteiger partial charge >= 0.3 is 0 Å². The molecule has 0 unspecified atom stereocenters. The van der Waals surface area contributed by atoms with Crippen molar-refractivity contribution >= 4 is 5.91 Å². The van der Waals surface area contributed by atoms with E-state index in [1.165, 1.54) is 12.8 Å². The van der Waals surface area contributed by atoms with Gasteiger partial charge in [0.05, 0.1) is 6.10 Å². The number of nitrogens with one attached hydrogen (secondary N) is 2. The highest BCUT2D eigenvalue weighted by Crippen LogP contribution is 2.19. The lowest BCUT2D eigenvalue weighted by atomic mass is 9.91. The molecule has 4 nitrogen and oxygen atoms in total. The number of rotatable bonds is 1. The van der Waals surface area contributed by atoms with Gasteiger partial charge in [0, 0.05) is 6.54 Å². The van der Waals surface area contributed by atoms with E-state index >= 15 is 0 Å². The van der Waals surface area contributed by atoms with Crippen molar-refractivity contribution in [1.82, 2.24) is 10.6 Å². The molecule has 2 heterocycles. The molecule has 2 N–H and O–H groups in total. The number of ether oxygens (including phenoxy) is 1. The summed E-state index contributed by atoms with van der Waals surface area (Å²) in [5.41, 5.74) is 0. The SMILES string of the molecule is O=C1CO[C@H](C2CCNCC2)CN1. The predicted octanol–water partition coefficient (Wildman–Crippen LogP) is -0.499. The number of morpholine rings is 1. The summed E-state index contributed by atoms with van der Waals surface area (Å²) in [7, 11) is 0. The van der Waals surface area contributed by atoms with E-state index in [4.69, 9.17) is 4.74 Å². The van der Waals surface area contributed by atoms with Crippen LogP contribution in [0.4, 0.5) is 0 Å². The molecule has 4 heteroatoms. The third-order valence-electron chi connectivity index (χ3n) is 2.84. The molecule has 74 valence electrons. The minimum atomic E-state index is 0.0187.